The van der Waals surface area contributed by atoms with Gasteiger partial charge in [-0.2, -0.15) is 40.2 Å². The van der Waals surface area contributed by atoms with Crippen molar-refractivity contribution < 1.29 is 53.5 Å². The normalized spacial score (nSPS) is 12.7. The van der Waals surface area contributed by atoms with Gasteiger partial charge in [-0.05, 0) is 12.1 Å². The summed E-state index contributed by atoms with van der Waals surface area (Å²) in [4.78, 5) is 23.3. The van der Waals surface area contributed by atoms with Gasteiger partial charge < -0.3 is 11.1 Å². The highest BCUT2D eigenvalue weighted by molar-refractivity contribution is 6.05. The Hall–Kier alpha value is -3.33. The van der Waals surface area contributed by atoms with Crippen molar-refractivity contribution in [2.75, 3.05) is 5.32 Å². The number of anilines is 1. The number of nitrogens with one attached hydrogen (secondary N) is 1. The summed E-state index contributed by atoms with van der Waals surface area (Å²) in [5, 5.41) is 3.93. The number of carbonyl (C=O) groups is 2. The smallest absolute Gasteiger partial charge is 0.365 e. The maximum atomic E-state index is 14.2. The highest BCUT2D eigenvalue weighted by atomic mass is 19.4. The fourth-order valence-electron chi connectivity index (χ4n) is 2.46. The second kappa shape index (κ2) is 7.42. The number of hydrogen-bond acceptors (Lipinski definition) is 3. The van der Waals surface area contributed by atoms with Crippen LogP contribution >= 0.6 is 0 Å². The van der Waals surface area contributed by atoms with E-state index in [4.69, 9.17) is 5.73 Å². The van der Waals surface area contributed by atoms with Gasteiger partial charge in [-0.1, -0.05) is 0 Å². The number of carbonyl (C=O) groups excluding carboxylic acids is 2. The Labute approximate surface area is 164 Å². The molecule has 170 valence electrons. The van der Waals surface area contributed by atoms with Crippen molar-refractivity contribution in [3.05, 3.63) is 46.3 Å². The summed E-state index contributed by atoms with van der Waals surface area (Å²) in [6, 6.07) is 0.847. The molecule has 3 N–H and O–H groups in total. The van der Waals surface area contributed by atoms with E-state index < -0.39 is 69.9 Å². The van der Waals surface area contributed by atoms with Gasteiger partial charge in [0.15, 0.2) is 11.5 Å². The largest absolute Gasteiger partial charge is 0.459 e. The number of nitrogens with two attached hydrogens (primary N) is 1. The Morgan fingerprint density at radius 3 is 2.03 bits per heavy atom. The fraction of sp³-hybridized carbons (Fsp3) is 0.267. The summed E-state index contributed by atoms with van der Waals surface area (Å²) in [6.45, 7) is 0. The molecule has 0 spiro atoms. The van der Waals surface area contributed by atoms with Gasteiger partial charge in [0.25, 0.3) is 11.8 Å². The minimum atomic E-state index is -6.49. The molecule has 1 heterocycles. The van der Waals surface area contributed by atoms with Crippen LogP contribution in [0.15, 0.2) is 12.1 Å². The highest BCUT2D eigenvalue weighted by Gasteiger charge is 2.64. The molecular formula is C15H8F10N4O2. The number of aryl methyl sites for hydroxylation is 1. The lowest BCUT2D eigenvalue weighted by molar-refractivity contribution is -0.292. The standard InChI is InChI=1S/C15H8F10N4O2/c1-29-9(7(14(20,21)22)10(28-29)13(18,19)15(23,24)25)12(31)27-5-3-2-4(16)6(8(5)17)11(26)30/h2-3H,1H3,(H2,26,30)(H,27,31). The Kier molecular flexibility index (Phi) is 5.73. The SMILES string of the molecule is Cn1nc(C(F)(F)C(F)(F)F)c(C(F)(F)F)c1C(=O)Nc1ccc(F)c(C(N)=O)c1F. The molecule has 1 aromatic carbocycles. The molecule has 0 atom stereocenters. The summed E-state index contributed by atoms with van der Waals surface area (Å²) in [7, 11) is 0.454. The van der Waals surface area contributed by atoms with Gasteiger partial charge in [0.1, 0.15) is 22.6 Å². The highest BCUT2D eigenvalue weighted by Crippen LogP contribution is 2.48. The van der Waals surface area contributed by atoms with Crippen LogP contribution in [0.3, 0.4) is 0 Å². The molecule has 2 rings (SSSR count). The monoisotopic (exact) mass is 466 g/mol. The van der Waals surface area contributed by atoms with Crippen LogP contribution in [-0.2, 0) is 19.1 Å². The molecule has 0 saturated carbocycles. The lowest BCUT2D eigenvalue weighted by Gasteiger charge is -2.19. The van der Waals surface area contributed by atoms with Crippen LogP contribution in [0.25, 0.3) is 0 Å². The zero-order valence-electron chi connectivity index (χ0n) is 14.7. The predicted octanol–water partition coefficient (Wildman–Crippen LogP) is 3.72. The molecule has 0 unspecified atom stereocenters. The third kappa shape index (κ3) is 4.13. The van der Waals surface area contributed by atoms with Crippen LogP contribution in [0.2, 0.25) is 0 Å². The summed E-state index contributed by atoms with van der Waals surface area (Å²) in [5.74, 6) is -13.1. The molecule has 1 aromatic heterocycles. The van der Waals surface area contributed by atoms with E-state index in [2.05, 4.69) is 5.10 Å². The molecule has 0 aliphatic carbocycles. The number of nitrogens with zero attached hydrogens (tertiary/aromatic N) is 2. The first kappa shape index (κ1) is 23.9. The minimum Gasteiger partial charge on any atom is -0.365 e. The summed E-state index contributed by atoms with van der Waals surface area (Å²) in [5.41, 5.74) is -5.13. The number of amides is 2. The van der Waals surface area contributed by atoms with Crippen LogP contribution in [0.5, 0.6) is 0 Å². The molecule has 6 nitrogen and oxygen atoms in total. The number of alkyl halides is 8. The first-order valence-electron chi connectivity index (χ1n) is 7.59. The molecule has 16 heteroatoms. The summed E-state index contributed by atoms with van der Waals surface area (Å²) >= 11 is 0. The zero-order chi connectivity index (χ0) is 24.1. The van der Waals surface area contributed by atoms with Gasteiger partial charge >= 0.3 is 18.3 Å². The van der Waals surface area contributed by atoms with E-state index in [1.165, 1.54) is 5.32 Å². The Morgan fingerprint density at radius 1 is 1.03 bits per heavy atom. The van der Waals surface area contributed by atoms with Gasteiger partial charge in [0.2, 0.25) is 0 Å². The van der Waals surface area contributed by atoms with Gasteiger partial charge in [-0.3, -0.25) is 14.3 Å². The van der Waals surface area contributed by atoms with E-state index in [1.807, 2.05) is 0 Å². The molecule has 2 amide bonds. The molecule has 2 aromatic rings. The van der Waals surface area contributed by atoms with E-state index in [0.29, 0.717) is 19.2 Å². The Bertz CT molecular complexity index is 1060. The van der Waals surface area contributed by atoms with Crippen molar-refractivity contribution in [2.24, 2.45) is 12.8 Å². The van der Waals surface area contributed by atoms with Gasteiger partial charge in [-0.25, -0.2) is 8.78 Å². The second-order valence-electron chi connectivity index (χ2n) is 5.87. The van der Waals surface area contributed by atoms with E-state index >= 15 is 0 Å². The number of aromatic nitrogens is 2. The predicted molar refractivity (Wildman–Crippen MR) is 81.0 cm³/mol. The van der Waals surface area contributed by atoms with Crippen molar-refractivity contribution in [1.29, 1.82) is 0 Å². The number of halogens is 10. The van der Waals surface area contributed by atoms with Crippen molar-refractivity contribution in [2.45, 2.75) is 18.3 Å². The van der Waals surface area contributed by atoms with Crippen LogP contribution in [0.4, 0.5) is 49.6 Å². The zero-order valence-corrected chi connectivity index (χ0v) is 14.7. The van der Waals surface area contributed by atoms with Crippen LogP contribution < -0.4 is 11.1 Å². The molecule has 0 fully saturated rings. The molecular weight excluding hydrogens is 458 g/mol. The van der Waals surface area contributed by atoms with Crippen LogP contribution in [-0.4, -0.2) is 27.8 Å². The summed E-state index contributed by atoms with van der Waals surface area (Å²) < 4.78 is 132. The first-order valence-corrected chi connectivity index (χ1v) is 7.59. The molecule has 0 aliphatic rings. The molecule has 0 bridgehead atoms. The molecule has 0 saturated heterocycles. The molecule has 31 heavy (non-hydrogen) atoms. The van der Waals surface area contributed by atoms with E-state index in [9.17, 15) is 53.5 Å². The van der Waals surface area contributed by atoms with Crippen LogP contribution in [0, 0.1) is 11.6 Å². The van der Waals surface area contributed by atoms with Gasteiger partial charge in [0.05, 0.1) is 5.69 Å². The van der Waals surface area contributed by atoms with Crippen molar-refractivity contribution in [3.63, 3.8) is 0 Å². The van der Waals surface area contributed by atoms with Crippen molar-refractivity contribution >= 4 is 17.5 Å². The number of rotatable bonds is 4. The maximum Gasteiger partial charge on any atom is 0.459 e. The molecule has 0 radical (unpaired) electrons. The average molecular weight is 466 g/mol. The number of hydrogen-bond donors (Lipinski definition) is 2. The maximum absolute atomic E-state index is 14.2. The average Bonchev–Trinajstić information content (AvgIpc) is 2.94. The van der Waals surface area contributed by atoms with E-state index in [0.717, 1.165) is 0 Å². The van der Waals surface area contributed by atoms with Crippen molar-refractivity contribution in [1.82, 2.24) is 9.78 Å². The topological polar surface area (TPSA) is 90.0 Å². The van der Waals surface area contributed by atoms with Gasteiger partial charge in [0, 0.05) is 7.05 Å². The lowest BCUT2D eigenvalue weighted by Crippen LogP contribution is -2.36. The Morgan fingerprint density at radius 2 is 1.58 bits per heavy atom. The summed E-state index contributed by atoms with van der Waals surface area (Å²) in [6.07, 6.45) is -12.4. The fourth-order valence-corrected chi connectivity index (χ4v) is 2.46. The third-order valence-corrected chi connectivity index (χ3v) is 3.78. The first-order chi connectivity index (χ1) is 13.9. The van der Waals surface area contributed by atoms with E-state index in [1.54, 1.807) is 0 Å². The third-order valence-electron chi connectivity index (χ3n) is 3.78. The number of benzene rings is 1. The second-order valence-corrected chi connectivity index (χ2v) is 5.87. The van der Waals surface area contributed by atoms with Gasteiger partial charge in [-0.15, -0.1) is 0 Å². The van der Waals surface area contributed by atoms with Crippen molar-refractivity contribution in [3.8, 4) is 0 Å². The van der Waals surface area contributed by atoms with E-state index in [-0.39, 0.29) is 4.68 Å². The minimum absolute atomic E-state index is 0.219. The molecule has 0 aliphatic heterocycles. The Balaban J connectivity index is 2.67. The quantitative estimate of drug-likeness (QED) is 0.674. The number of primary amides is 1. The lowest BCUT2D eigenvalue weighted by atomic mass is 10.1. The van der Waals surface area contributed by atoms with Crippen LogP contribution in [0.1, 0.15) is 32.1 Å².